The average Bonchev–Trinajstić information content (AvgIpc) is 2.83. The zero-order chi connectivity index (χ0) is 14.0. The van der Waals surface area contributed by atoms with E-state index < -0.39 is 17.7 Å². The monoisotopic (exact) mass is 327 g/mol. The van der Waals surface area contributed by atoms with Crippen molar-refractivity contribution < 1.29 is 19.1 Å². The molecule has 2 aromatic rings. The predicted molar refractivity (Wildman–Crippen MR) is 67.6 cm³/mol. The first kappa shape index (κ1) is 13.2. The fourth-order valence-corrected chi connectivity index (χ4v) is 1.77. The van der Waals surface area contributed by atoms with Gasteiger partial charge in [0.05, 0.1) is 12.0 Å². The molecule has 98 valence electrons. The smallest absolute Gasteiger partial charge is 0.354 e. The number of aromatic amines is 1. The van der Waals surface area contributed by atoms with Crippen molar-refractivity contribution in [3.63, 3.8) is 0 Å². The van der Waals surface area contributed by atoms with Crippen LogP contribution >= 0.6 is 15.9 Å². The number of carbonyl (C=O) groups excluding carboxylic acids is 1. The SMILES string of the molecule is O=C(Nc1cc(Br)ccc1F)c1nc[nH]c1C(=O)O. The number of amides is 1. The maximum absolute atomic E-state index is 13.5. The normalized spacial score (nSPS) is 10.2. The van der Waals surface area contributed by atoms with Crippen LogP contribution in [0.4, 0.5) is 10.1 Å². The molecular formula is C11H7BrFN3O3. The van der Waals surface area contributed by atoms with Crippen molar-refractivity contribution >= 4 is 33.5 Å². The second kappa shape index (κ2) is 5.19. The zero-order valence-electron chi connectivity index (χ0n) is 9.28. The van der Waals surface area contributed by atoms with Gasteiger partial charge in [-0.25, -0.2) is 14.2 Å². The summed E-state index contributed by atoms with van der Waals surface area (Å²) in [4.78, 5) is 28.6. The molecule has 1 aromatic heterocycles. The summed E-state index contributed by atoms with van der Waals surface area (Å²) in [6, 6.07) is 4.00. The van der Waals surface area contributed by atoms with Crippen LogP contribution in [-0.4, -0.2) is 27.0 Å². The Bertz CT molecular complexity index is 656. The van der Waals surface area contributed by atoms with E-state index in [1.807, 2.05) is 0 Å². The number of rotatable bonds is 3. The molecule has 1 heterocycles. The van der Waals surface area contributed by atoms with Crippen LogP contribution in [0.1, 0.15) is 21.0 Å². The Hall–Kier alpha value is -2.22. The minimum Gasteiger partial charge on any atom is -0.477 e. The third kappa shape index (κ3) is 2.79. The first-order chi connectivity index (χ1) is 8.99. The maximum Gasteiger partial charge on any atom is 0.354 e. The molecule has 0 spiro atoms. The predicted octanol–water partition coefficient (Wildman–Crippen LogP) is 2.26. The van der Waals surface area contributed by atoms with Gasteiger partial charge in [0.25, 0.3) is 5.91 Å². The van der Waals surface area contributed by atoms with Crippen LogP contribution in [-0.2, 0) is 0 Å². The van der Waals surface area contributed by atoms with E-state index in [1.165, 1.54) is 18.2 Å². The summed E-state index contributed by atoms with van der Waals surface area (Å²) in [5.41, 5.74) is -0.738. The maximum atomic E-state index is 13.5. The summed E-state index contributed by atoms with van der Waals surface area (Å²) in [5.74, 6) is -2.77. The molecule has 1 aromatic carbocycles. The van der Waals surface area contributed by atoms with Gasteiger partial charge in [0.15, 0.2) is 11.4 Å². The average molecular weight is 328 g/mol. The summed E-state index contributed by atoms with van der Waals surface area (Å²) in [6.45, 7) is 0. The van der Waals surface area contributed by atoms with Crippen molar-refractivity contribution in [1.29, 1.82) is 0 Å². The van der Waals surface area contributed by atoms with Gasteiger partial charge < -0.3 is 15.4 Å². The molecule has 0 saturated carbocycles. The van der Waals surface area contributed by atoms with Gasteiger partial charge in [0.1, 0.15) is 5.82 Å². The van der Waals surface area contributed by atoms with Crippen LogP contribution in [0.5, 0.6) is 0 Å². The number of nitrogens with zero attached hydrogens (tertiary/aromatic N) is 1. The van der Waals surface area contributed by atoms with E-state index in [0.717, 1.165) is 6.33 Å². The molecule has 6 nitrogen and oxygen atoms in total. The summed E-state index contributed by atoms with van der Waals surface area (Å²) in [7, 11) is 0. The van der Waals surface area contributed by atoms with Gasteiger partial charge in [-0.1, -0.05) is 15.9 Å². The second-order valence-corrected chi connectivity index (χ2v) is 4.43. The number of imidazole rings is 1. The Balaban J connectivity index is 2.28. The molecule has 0 aliphatic rings. The highest BCUT2D eigenvalue weighted by Gasteiger charge is 2.20. The van der Waals surface area contributed by atoms with Crippen molar-refractivity contribution in [2.45, 2.75) is 0 Å². The third-order valence-corrected chi connectivity index (χ3v) is 2.74. The lowest BCUT2D eigenvalue weighted by molar-refractivity contribution is 0.0686. The lowest BCUT2D eigenvalue weighted by Gasteiger charge is -2.05. The highest BCUT2D eigenvalue weighted by atomic mass is 79.9. The van der Waals surface area contributed by atoms with Crippen LogP contribution < -0.4 is 5.32 Å². The molecule has 0 aliphatic heterocycles. The lowest BCUT2D eigenvalue weighted by Crippen LogP contribution is -2.17. The summed E-state index contributed by atoms with van der Waals surface area (Å²) in [5, 5.41) is 11.1. The number of carboxylic acids is 1. The Kier molecular flexibility index (Phi) is 3.61. The number of nitrogens with one attached hydrogen (secondary N) is 2. The molecule has 3 N–H and O–H groups in total. The van der Waals surface area contributed by atoms with E-state index in [-0.39, 0.29) is 17.1 Å². The van der Waals surface area contributed by atoms with Gasteiger partial charge in [0, 0.05) is 4.47 Å². The van der Waals surface area contributed by atoms with Crippen molar-refractivity contribution in [2.75, 3.05) is 5.32 Å². The van der Waals surface area contributed by atoms with Gasteiger partial charge >= 0.3 is 5.97 Å². The Morgan fingerprint density at radius 3 is 2.84 bits per heavy atom. The Morgan fingerprint density at radius 1 is 1.42 bits per heavy atom. The molecule has 2 rings (SSSR count). The van der Waals surface area contributed by atoms with Crippen molar-refractivity contribution in [3.05, 3.63) is 46.2 Å². The van der Waals surface area contributed by atoms with Gasteiger partial charge in [0.2, 0.25) is 0 Å². The highest BCUT2D eigenvalue weighted by Crippen LogP contribution is 2.20. The van der Waals surface area contributed by atoms with Gasteiger partial charge in [-0.2, -0.15) is 0 Å². The minimum absolute atomic E-state index is 0.0706. The van der Waals surface area contributed by atoms with Crippen LogP contribution in [0.2, 0.25) is 0 Å². The van der Waals surface area contributed by atoms with Crippen LogP contribution in [0, 0.1) is 5.82 Å². The Labute approximate surface area is 114 Å². The quantitative estimate of drug-likeness (QED) is 0.805. The van der Waals surface area contributed by atoms with Crippen molar-refractivity contribution in [2.24, 2.45) is 0 Å². The van der Waals surface area contributed by atoms with E-state index in [2.05, 4.69) is 31.2 Å². The molecule has 19 heavy (non-hydrogen) atoms. The van der Waals surface area contributed by atoms with Gasteiger partial charge in [-0.05, 0) is 18.2 Å². The molecule has 0 saturated heterocycles. The van der Waals surface area contributed by atoms with E-state index in [4.69, 9.17) is 5.11 Å². The standard InChI is InChI=1S/C11H7BrFN3O3/c12-5-1-2-6(13)7(3-5)16-10(17)8-9(11(18)19)15-4-14-8/h1-4H,(H,14,15)(H,16,17)(H,18,19). The Morgan fingerprint density at radius 2 is 2.16 bits per heavy atom. The molecule has 8 heteroatoms. The van der Waals surface area contributed by atoms with Gasteiger partial charge in [-0.15, -0.1) is 0 Å². The second-order valence-electron chi connectivity index (χ2n) is 3.51. The highest BCUT2D eigenvalue weighted by molar-refractivity contribution is 9.10. The molecule has 0 atom stereocenters. The van der Waals surface area contributed by atoms with Crippen LogP contribution in [0.15, 0.2) is 29.0 Å². The molecule has 0 fully saturated rings. The fraction of sp³-hybridized carbons (Fsp3) is 0. The number of aromatic carboxylic acids is 1. The number of carboxylic acid groups (broad SMARTS) is 1. The van der Waals surface area contributed by atoms with Crippen LogP contribution in [0.25, 0.3) is 0 Å². The third-order valence-electron chi connectivity index (χ3n) is 2.24. The molecule has 0 bridgehead atoms. The fourth-order valence-electron chi connectivity index (χ4n) is 1.40. The number of halogens is 2. The number of benzene rings is 1. The molecule has 1 amide bonds. The molecule has 0 radical (unpaired) electrons. The summed E-state index contributed by atoms with van der Waals surface area (Å²) in [6.07, 6.45) is 1.08. The number of hydrogen-bond acceptors (Lipinski definition) is 3. The first-order valence-electron chi connectivity index (χ1n) is 5.02. The number of anilines is 1. The number of aromatic nitrogens is 2. The summed E-state index contributed by atoms with van der Waals surface area (Å²) < 4.78 is 14.0. The van der Waals surface area contributed by atoms with E-state index >= 15 is 0 Å². The molecule has 0 aliphatic carbocycles. The molecule has 0 unspecified atom stereocenters. The van der Waals surface area contributed by atoms with Crippen molar-refractivity contribution in [1.82, 2.24) is 9.97 Å². The topological polar surface area (TPSA) is 95.1 Å². The van der Waals surface area contributed by atoms with Gasteiger partial charge in [-0.3, -0.25) is 4.79 Å². The summed E-state index contributed by atoms with van der Waals surface area (Å²) >= 11 is 3.14. The number of hydrogen-bond donors (Lipinski definition) is 3. The number of H-pyrrole nitrogens is 1. The first-order valence-corrected chi connectivity index (χ1v) is 5.81. The lowest BCUT2D eigenvalue weighted by atomic mass is 10.2. The molecular weight excluding hydrogens is 321 g/mol. The van der Waals surface area contributed by atoms with Crippen molar-refractivity contribution in [3.8, 4) is 0 Å². The van der Waals surface area contributed by atoms with E-state index in [1.54, 1.807) is 0 Å². The van der Waals surface area contributed by atoms with E-state index in [9.17, 15) is 14.0 Å². The minimum atomic E-state index is -1.32. The van der Waals surface area contributed by atoms with Crippen LogP contribution in [0.3, 0.4) is 0 Å². The largest absolute Gasteiger partial charge is 0.477 e. The zero-order valence-corrected chi connectivity index (χ0v) is 10.9. The van der Waals surface area contributed by atoms with E-state index in [0.29, 0.717) is 4.47 Å². The number of carbonyl (C=O) groups is 2.